The van der Waals surface area contributed by atoms with E-state index < -0.39 is 10.0 Å². The number of hydrogen-bond acceptors (Lipinski definition) is 3. The standard InChI is InChI=1S/C23H19ClN2O2S/c24-12-4-3-7-20-16-26(23-11-8-17(15-25)13-22(20)23)29(27,28)21-10-9-18-5-1-2-6-19(18)14-21/h1-2,5-6,8-11,13-14,16H,3-4,7,12H2. The molecule has 0 atom stereocenters. The van der Waals surface area contributed by atoms with Crippen LogP contribution in [0.3, 0.4) is 0 Å². The third kappa shape index (κ3) is 3.62. The number of fused-ring (bicyclic) bond motifs is 2. The van der Waals surface area contributed by atoms with Gasteiger partial charge in [-0.25, -0.2) is 12.4 Å². The summed E-state index contributed by atoms with van der Waals surface area (Å²) in [4.78, 5) is 0.241. The average molecular weight is 423 g/mol. The second kappa shape index (κ2) is 7.90. The Bertz CT molecular complexity index is 1350. The molecule has 0 aliphatic carbocycles. The molecule has 1 heterocycles. The van der Waals surface area contributed by atoms with Gasteiger partial charge in [0.05, 0.1) is 22.0 Å². The van der Waals surface area contributed by atoms with Crippen LogP contribution in [0.1, 0.15) is 24.0 Å². The highest BCUT2D eigenvalue weighted by atomic mass is 35.5. The van der Waals surface area contributed by atoms with Gasteiger partial charge in [0.2, 0.25) is 0 Å². The predicted molar refractivity (Wildman–Crippen MR) is 117 cm³/mol. The van der Waals surface area contributed by atoms with Gasteiger partial charge in [-0.15, -0.1) is 11.6 Å². The van der Waals surface area contributed by atoms with Crippen molar-refractivity contribution in [2.24, 2.45) is 0 Å². The molecule has 4 nitrogen and oxygen atoms in total. The molecule has 0 N–H and O–H groups in total. The molecular formula is C23H19ClN2O2S. The minimum Gasteiger partial charge on any atom is -0.241 e. The van der Waals surface area contributed by atoms with Gasteiger partial charge in [0, 0.05) is 17.5 Å². The van der Waals surface area contributed by atoms with E-state index in [1.54, 1.807) is 36.5 Å². The third-order valence-corrected chi connectivity index (χ3v) is 7.03. The maximum absolute atomic E-state index is 13.5. The van der Waals surface area contributed by atoms with Gasteiger partial charge in [-0.1, -0.05) is 30.3 Å². The van der Waals surface area contributed by atoms with Gasteiger partial charge in [-0.3, -0.25) is 0 Å². The molecule has 1 aromatic heterocycles. The minimum atomic E-state index is -3.78. The zero-order valence-corrected chi connectivity index (χ0v) is 17.2. The molecule has 0 bridgehead atoms. The number of alkyl halides is 1. The first-order valence-electron chi connectivity index (χ1n) is 9.39. The van der Waals surface area contributed by atoms with Gasteiger partial charge in [-0.05, 0) is 65.9 Å². The molecule has 0 saturated carbocycles. The highest BCUT2D eigenvalue weighted by Gasteiger charge is 2.21. The number of nitrogens with zero attached hydrogens (tertiary/aromatic N) is 2. The number of unbranched alkanes of at least 4 members (excludes halogenated alkanes) is 1. The summed E-state index contributed by atoms with van der Waals surface area (Å²) in [5.74, 6) is 0.567. The molecule has 3 aromatic carbocycles. The van der Waals surface area contributed by atoms with Crippen molar-refractivity contribution in [1.29, 1.82) is 5.26 Å². The van der Waals surface area contributed by atoms with Crippen LogP contribution in [0.25, 0.3) is 21.7 Å². The Balaban J connectivity index is 1.87. The van der Waals surface area contributed by atoms with Gasteiger partial charge in [0.15, 0.2) is 0 Å². The maximum atomic E-state index is 13.5. The van der Waals surface area contributed by atoms with E-state index in [0.29, 0.717) is 23.4 Å². The summed E-state index contributed by atoms with van der Waals surface area (Å²) in [5, 5.41) is 11.9. The first-order valence-corrected chi connectivity index (χ1v) is 11.4. The highest BCUT2D eigenvalue weighted by molar-refractivity contribution is 7.90. The Labute approximate surface area is 175 Å². The number of nitriles is 1. The van der Waals surface area contributed by atoms with Crippen LogP contribution in [-0.4, -0.2) is 18.3 Å². The summed E-state index contributed by atoms with van der Waals surface area (Å²) in [6.07, 6.45) is 4.10. The molecule has 0 spiro atoms. The lowest BCUT2D eigenvalue weighted by Crippen LogP contribution is -2.11. The summed E-state index contributed by atoms with van der Waals surface area (Å²) in [5.41, 5.74) is 2.00. The average Bonchev–Trinajstić information content (AvgIpc) is 3.12. The second-order valence-electron chi connectivity index (χ2n) is 6.95. The van der Waals surface area contributed by atoms with Crippen LogP contribution in [0.4, 0.5) is 0 Å². The van der Waals surface area contributed by atoms with E-state index in [1.165, 1.54) is 3.97 Å². The molecule has 0 fully saturated rings. The van der Waals surface area contributed by atoms with Crippen LogP contribution in [0.5, 0.6) is 0 Å². The van der Waals surface area contributed by atoms with Gasteiger partial charge in [-0.2, -0.15) is 5.26 Å². The van der Waals surface area contributed by atoms with Gasteiger partial charge in [0.25, 0.3) is 10.0 Å². The number of aryl methyl sites for hydroxylation is 1. The van der Waals surface area contributed by atoms with Gasteiger partial charge in [0.1, 0.15) is 0 Å². The first-order chi connectivity index (χ1) is 14.0. The van der Waals surface area contributed by atoms with E-state index in [-0.39, 0.29) is 4.90 Å². The molecular weight excluding hydrogens is 404 g/mol. The lowest BCUT2D eigenvalue weighted by Gasteiger charge is -2.09. The number of hydrogen-bond donors (Lipinski definition) is 0. The molecule has 0 aliphatic rings. The first kappa shape index (κ1) is 19.5. The Kier molecular flexibility index (Phi) is 5.31. The SMILES string of the molecule is N#Cc1ccc2c(c1)c(CCCCCl)cn2S(=O)(=O)c1ccc2ccccc2c1. The fraction of sp³-hybridized carbons (Fsp3) is 0.174. The van der Waals surface area contributed by atoms with Crippen LogP contribution in [0, 0.1) is 11.3 Å². The van der Waals surface area contributed by atoms with E-state index in [1.807, 2.05) is 30.3 Å². The molecule has 0 unspecified atom stereocenters. The topological polar surface area (TPSA) is 62.9 Å². The van der Waals surface area contributed by atoms with Crippen molar-refractivity contribution in [3.8, 4) is 6.07 Å². The summed E-state index contributed by atoms with van der Waals surface area (Å²) >= 11 is 5.80. The molecule has 0 radical (unpaired) electrons. The van der Waals surface area contributed by atoms with E-state index in [2.05, 4.69) is 6.07 Å². The fourth-order valence-corrected chi connectivity index (χ4v) is 5.20. The maximum Gasteiger partial charge on any atom is 0.268 e. The Hall–Kier alpha value is -2.81. The van der Waals surface area contributed by atoms with Crippen molar-refractivity contribution in [1.82, 2.24) is 3.97 Å². The zero-order valence-electron chi connectivity index (χ0n) is 15.7. The predicted octanol–water partition coefficient (Wildman–Crippen LogP) is 5.46. The fourth-order valence-electron chi connectivity index (χ4n) is 3.59. The van der Waals surface area contributed by atoms with Crippen molar-refractivity contribution in [3.05, 3.63) is 78.0 Å². The van der Waals surface area contributed by atoms with Crippen LogP contribution in [0.15, 0.2) is 71.8 Å². The van der Waals surface area contributed by atoms with Crippen LogP contribution < -0.4 is 0 Å². The molecule has 29 heavy (non-hydrogen) atoms. The van der Waals surface area contributed by atoms with E-state index >= 15 is 0 Å². The molecule has 4 rings (SSSR count). The largest absolute Gasteiger partial charge is 0.268 e. The molecule has 6 heteroatoms. The molecule has 0 saturated heterocycles. The summed E-state index contributed by atoms with van der Waals surface area (Å²) in [6, 6.07) is 20.1. The molecule has 0 amide bonds. The van der Waals surface area contributed by atoms with E-state index in [0.717, 1.165) is 34.6 Å². The van der Waals surface area contributed by atoms with Crippen molar-refractivity contribution in [2.75, 3.05) is 5.88 Å². The Morgan fingerprint density at radius 3 is 2.52 bits per heavy atom. The van der Waals surface area contributed by atoms with Gasteiger partial charge < -0.3 is 0 Å². The molecule has 0 aliphatic heterocycles. The summed E-state index contributed by atoms with van der Waals surface area (Å²) < 4.78 is 28.3. The van der Waals surface area contributed by atoms with E-state index in [4.69, 9.17) is 11.6 Å². The minimum absolute atomic E-state index is 0.241. The number of aromatic nitrogens is 1. The smallest absolute Gasteiger partial charge is 0.241 e. The molecule has 146 valence electrons. The number of rotatable bonds is 6. The molecule has 4 aromatic rings. The van der Waals surface area contributed by atoms with Crippen LogP contribution in [0.2, 0.25) is 0 Å². The third-order valence-electron chi connectivity index (χ3n) is 5.09. The highest BCUT2D eigenvalue weighted by Crippen LogP contribution is 2.29. The van der Waals surface area contributed by atoms with E-state index in [9.17, 15) is 13.7 Å². The normalized spacial score (nSPS) is 11.7. The van der Waals surface area contributed by atoms with Crippen molar-refractivity contribution < 1.29 is 8.42 Å². The summed E-state index contributed by atoms with van der Waals surface area (Å²) in [6.45, 7) is 0. The zero-order chi connectivity index (χ0) is 20.4. The quantitative estimate of drug-likeness (QED) is 0.306. The second-order valence-corrected chi connectivity index (χ2v) is 9.15. The van der Waals surface area contributed by atoms with Crippen molar-refractivity contribution in [3.63, 3.8) is 0 Å². The lowest BCUT2D eigenvalue weighted by molar-refractivity contribution is 0.589. The monoisotopic (exact) mass is 422 g/mol. The summed E-state index contributed by atoms with van der Waals surface area (Å²) in [7, 11) is -3.78. The van der Waals surface area contributed by atoms with Crippen LogP contribution >= 0.6 is 11.6 Å². The van der Waals surface area contributed by atoms with Crippen molar-refractivity contribution >= 4 is 43.3 Å². The number of halogens is 1. The Morgan fingerprint density at radius 2 is 1.76 bits per heavy atom. The van der Waals surface area contributed by atoms with Crippen molar-refractivity contribution in [2.45, 2.75) is 24.2 Å². The van der Waals surface area contributed by atoms with Gasteiger partial charge >= 0.3 is 0 Å². The lowest BCUT2D eigenvalue weighted by atomic mass is 10.1. The van der Waals surface area contributed by atoms with Crippen LogP contribution in [-0.2, 0) is 16.4 Å². The number of benzene rings is 3. The Morgan fingerprint density at radius 1 is 0.966 bits per heavy atom.